The molecular weight excluding hydrogens is 414 g/mol. The van der Waals surface area contributed by atoms with Crippen molar-refractivity contribution in [3.8, 4) is 5.75 Å². The van der Waals surface area contributed by atoms with E-state index in [9.17, 15) is 18.4 Å². The van der Waals surface area contributed by atoms with Crippen LogP contribution >= 0.6 is 0 Å². The molecule has 0 atom stereocenters. The van der Waals surface area contributed by atoms with Crippen LogP contribution in [-0.2, 0) is 4.74 Å². The van der Waals surface area contributed by atoms with Crippen molar-refractivity contribution in [2.24, 2.45) is 0 Å². The minimum Gasteiger partial charge on any atom is -0.494 e. The first-order valence-electron chi connectivity index (χ1n) is 9.11. The zero-order valence-electron chi connectivity index (χ0n) is 16.4. The van der Waals surface area contributed by atoms with E-state index in [2.05, 4.69) is 25.6 Å². The molecule has 3 rings (SSSR count). The van der Waals surface area contributed by atoms with Gasteiger partial charge >= 0.3 is 23.8 Å². The minimum atomic E-state index is -1.04. The van der Waals surface area contributed by atoms with Crippen LogP contribution in [0.4, 0.5) is 20.5 Å². The fraction of sp³-hybridized carbons (Fsp3) is 0.200. The van der Waals surface area contributed by atoms with Gasteiger partial charge in [-0.15, -0.1) is 5.10 Å². The second-order valence-electron chi connectivity index (χ2n) is 6.14. The van der Waals surface area contributed by atoms with Gasteiger partial charge in [-0.1, -0.05) is 11.2 Å². The molecule has 0 spiro atoms. The maximum Gasteiger partial charge on any atom is 0.337 e. The number of nitrogens with one attached hydrogen (secondary N) is 2. The Morgan fingerprint density at radius 1 is 1.10 bits per heavy atom. The van der Waals surface area contributed by atoms with Crippen molar-refractivity contribution in [1.29, 1.82) is 0 Å². The molecule has 0 saturated heterocycles. The molecule has 3 aromatic rings. The Balaban J connectivity index is 1.42. The first-order valence-corrected chi connectivity index (χ1v) is 9.11. The molecule has 1 amide bonds. The van der Waals surface area contributed by atoms with Crippen molar-refractivity contribution in [2.45, 2.75) is 6.42 Å². The number of hydrogen-bond donors (Lipinski definition) is 2. The summed E-state index contributed by atoms with van der Waals surface area (Å²) in [6.07, 6.45) is 0.474. The van der Waals surface area contributed by atoms with Crippen LogP contribution < -0.4 is 15.4 Å². The van der Waals surface area contributed by atoms with Crippen molar-refractivity contribution in [3.63, 3.8) is 0 Å². The van der Waals surface area contributed by atoms with Gasteiger partial charge in [0, 0.05) is 18.3 Å². The summed E-state index contributed by atoms with van der Waals surface area (Å²) in [5.41, 5.74) is 0.556. The predicted octanol–water partition coefficient (Wildman–Crippen LogP) is 3.08. The fourth-order valence-corrected chi connectivity index (χ4v) is 2.43. The van der Waals surface area contributed by atoms with Gasteiger partial charge in [-0.25, -0.2) is 13.6 Å². The van der Waals surface area contributed by atoms with Crippen molar-refractivity contribution in [1.82, 2.24) is 15.5 Å². The third-order valence-corrected chi connectivity index (χ3v) is 3.92. The van der Waals surface area contributed by atoms with Crippen molar-refractivity contribution in [3.05, 3.63) is 65.6 Å². The van der Waals surface area contributed by atoms with Gasteiger partial charge in [0.2, 0.25) is 0 Å². The molecule has 31 heavy (non-hydrogen) atoms. The van der Waals surface area contributed by atoms with Gasteiger partial charge in [0.1, 0.15) is 5.75 Å². The van der Waals surface area contributed by atoms with E-state index in [4.69, 9.17) is 9.15 Å². The van der Waals surface area contributed by atoms with Crippen molar-refractivity contribution in [2.75, 3.05) is 25.6 Å². The number of hydrogen-bond acceptors (Lipinski definition) is 8. The van der Waals surface area contributed by atoms with Crippen LogP contribution in [0.25, 0.3) is 0 Å². The second-order valence-corrected chi connectivity index (χ2v) is 6.14. The van der Waals surface area contributed by atoms with E-state index >= 15 is 0 Å². The maximum atomic E-state index is 13.2. The molecule has 0 saturated carbocycles. The van der Waals surface area contributed by atoms with Crippen LogP contribution in [0, 0.1) is 11.6 Å². The lowest BCUT2D eigenvalue weighted by atomic mass is 10.2. The normalized spacial score (nSPS) is 10.4. The summed E-state index contributed by atoms with van der Waals surface area (Å²) in [6, 6.07) is 9.53. The Labute approximate surface area is 175 Å². The first kappa shape index (κ1) is 21.7. The highest BCUT2D eigenvalue weighted by Crippen LogP contribution is 2.18. The Bertz CT molecular complexity index is 1070. The Kier molecular flexibility index (Phi) is 7.09. The first-order chi connectivity index (χ1) is 15.0. The van der Waals surface area contributed by atoms with Gasteiger partial charge in [-0.2, -0.15) is 0 Å². The molecular formula is C20H18F2N4O5. The van der Waals surface area contributed by atoms with Crippen LogP contribution in [0.3, 0.4) is 0 Å². The molecule has 9 nitrogen and oxygen atoms in total. The number of aromatic nitrogens is 2. The number of halogens is 2. The summed E-state index contributed by atoms with van der Waals surface area (Å²) >= 11 is 0. The molecule has 162 valence electrons. The molecule has 0 aliphatic rings. The quantitative estimate of drug-likeness (QED) is 0.392. The second kappa shape index (κ2) is 10.1. The highest BCUT2D eigenvalue weighted by Gasteiger charge is 2.15. The molecule has 1 heterocycles. The van der Waals surface area contributed by atoms with Gasteiger partial charge in [-0.05, 0) is 36.8 Å². The lowest BCUT2D eigenvalue weighted by Crippen LogP contribution is -2.25. The molecule has 0 fully saturated rings. The van der Waals surface area contributed by atoms with Gasteiger partial charge in [0.05, 0.1) is 19.3 Å². The van der Waals surface area contributed by atoms with E-state index in [-0.39, 0.29) is 30.7 Å². The average Bonchev–Trinajstić information content (AvgIpc) is 3.24. The number of esters is 1. The maximum absolute atomic E-state index is 13.2. The standard InChI is InChI=1S/C20H18F2N4O5/c1-29-19(28)12-4-2-5-14(10-12)30-9-3-8-23-17(27)18-25-26-20(31-18)24-13-6-7-15(21)16(22)11-13/h2,4-7,10-11H,3,8-9H2,1H3,(H,23,27)(H,24,26). The smallest absolute Gasteiger partial charge is 0.337 e. The number of anilines is 2. The summed E-state index contributed by atoms with van der Waals surface area (Å²) in [7, 11) is 1.30. The molecule has 0 radical (unpaired) electrons. The SMILES string of the molecule is COC(=O)c1cccc(OCCCNC(=O)c2nnc(Nc3ccc(F)c(F)c3)o2)c1. The third-order valence-electron chi connectivity index (χ3n) is 3.92. The average molecular weight is 432 g/mol. The number of nitrogens with zero attached hydrogens (tertiary/aromatic N) is 2. The Morgan fingerprint density at radius 3 is 2.71 bits per heavy atom. The van der Waals surface area contributed by atoms with E-state index in [1.54, 1.807) is 24.3 Å². The van der Waals surface area contributed by atoms with Crippen LogP contribution in [0.5, 0.6) is 5.75 Å². The monoisotopic (exact) mass is 432 g/mol. The molecule has 2 N–H and O–H groups in total. The molecule has 2 aromatic carbocycles. The van der Waals surface area contributed by atoms with E-state index in [1.165, 1.54) is 13.2 Å². The van der Waals surface area contributed by atoms with Crippen LogP contribution in [-0.4, -0.2) is 42.3 Å². The lowest BCUT2D eigenvalue weighted by Gasteiger charge is -2.07. The number of amides is 1. The van der Waals surface area contributed by atoms with E-state index < -0.39 is 23.5 Å². The third kappa shape index (κ3) is 5.98. The largest absolute Gasteiger partial charge is 0.494 e. The highest BCUT2D eigenvalue weighted by molar-refractivity contribution is 5.90. The molecule has 0 bridgehead atoms. The van der Waals surface area contributed by atoms with E-state index in [0.717, 1.165) is 12.1 Å². The number of ether oxygens (including phenoxy) is 2. The molecule has 11 heteroatoms. The zero-order valence-corrected chi connectivity index (χ0v) is 16.4. The van der Waals surface area contributed by atoms with Crippen molar-refractivity contribution < 1.29 is 32.3 Å². The fourth-order valence-electron chi connectivity index (χ4n) is 2.43. The Hall–Kier alpha value is -4.02. The number of benzene rings is 2. The van der Waals surface area contributed by atoms with Crippen LogP contribution in [0.1, 0.15) is 27.5 Å². The van der Waals surface area contributed by atoms with Crippen molar-refractivity contribution >= 4 is 23.6 Å². The van der Waals surface area contributed by atoms with Crippen LogP contribution in [0.15, 0.2) is 46.9 Å². The summed E-state index contributed by atoms with van der Waals surface area (Å²) in [5.74, 6) is -2.89. The summed E-state index contributed by atoms with van der Waals surface area (Å²) in [5, 5.41) is 12.4. The zero-order chi connectivity index (χ0) is 22.2. The van der Waals surface area contributed by atoms with Crippen LogP contribution in [0.2, 0.25) is 0 Å². The van der Waals surface area contributed by atoms with Gasteiger partial charge in [0.25, 0.3) is 0 Å². The molecule has 0 aliphatic carbocycles. The number of carbonyl (C=O) groups is 2. The Morgan fingerprint density at radius 2 is 1.94 bits per heavy atom. The molecule has 1 aromatic heterocycles. The van der Waals surface area contributed by atoms with E-state index in [1.807, 2.05) is 0 Å². The minimum absolute atomic E-state index is 0.148. The predicted molar refractivity (Wildman–Crippen MR) is 104 cm³/mol. The number of methoxy groups -OCH3 is 1. The summed E-state index contributed by atoms with van der Waals surface area (Å²) in [4.78, 5) is 23.6. The number of carbonyl (C=O) groups excluding carboxylic acids is 2. The van der Waals surface area contributed by atoms with Gasteiger partial charge < -0.3 is 24.5 Å². The summed E-state index contributed by atoms with van der Waals surface area (Å²) < 4.78 is 41.5. The molecule has 0 unspecified atom stereocenters. The highest BCUT2D eigenvalue weighted by atomic mass is 19.2. The lowest BCUT2D eigenvalue weighted by molar-refractivity contribution is 0.0600. The van der Waals surface area contributed by atoms with E-state index in [0.29, 0.717) is 17.7 Å². The van der Waals surface area contributed by atoms with Gasteiger partial charge in [-0.3, -0.25) is 4.79 Å². The molecule has 0 aliphatic heterocycles. The van der Waals surface area contributed by atoms with Gasteiger partial charge in [0.15, 0.2) is 11.6 Å². The summed E-state index contributed by atoms with van der Waals surface area (Å²) in [6.45, 7) is 0.557. The topological polar surface area (TPSA) is 116 Å². The number of rotatable bonds is 9.